The van der Waals surface area contributed by atoms with Crippen LogP contribution in [0.5, 0.6) is 0 Å². The molecule has 0 heterocycles. The molecule has 98 valence electrons. The number of nitrogens with two attached hydrogens (primary N) is 1. The second-order valence-electron chi connectivity index (χ2n) is 5.99. The quantitative estimate of drug-likeness (QED) is 0.828. The second-order valence-corrected chi connectivity index (χ2v) is 6.91. The summed E-state index contributed by atoms with van der Waals surface area (Å²) in [5.74, 6) is 0.700. The van der Waals surface area contributed by atoms with Crippen molar-refractivity contribution < 1.29 is 0 Å². The van der Waals surface area contributed by atoms with E-state index in [9.17, 15) is 0 Å². The van der Waals surface area contributed by atoms with Gasteiger partial charge in [-0.05, 0) is 66.8 Å². The van der Waals surface area contributed by atoms with Gasteiger partial charge in [-0.3, -0.25) is 0 Å². The third-order valence-electron chi connectivity index (χ3n) is 5.18. The van der Waals surface area contributed by atoms with Crippen LogP contribution in [0.4, 0.5) is 0 Å². The molecule has 1 spiro atoms. The summed E-state index contributed by atoms with van der Waals surface area (Å²) in [7, 11) is 0. The lowest BCUT2D eigenvalue weighted by atomic mass is 9.57. The van der Waals surface area contributed by atoms with Crippen molar-refractivity contribution in [2.24, 2.45) is 11.7 Å². The molecule has 18 heavy (non-hydrogen) atoms. The molecule has 2 N–H and O–H groups in total. The van der Waals surface area contributed by atoms with E-state index in [1.165, 1.54) is 49.4 Å². The summed E-state index contributed by atoms with van der Waals surface area (Å²) in [5.41, 5.74) is 9.67. The lowest BCUT2D eigenvalue weighted by Crippen LogP contribution is -2.44. The standard InChI is InChI=1S/C16H22BrN/c17-14-6-7-15-12(10-14)4-5-13(11-18)16(15)8-2-1-3-9-16/h6-7,10,13H,1-5,8-9,11,18H2. The van der Waals surface area contributed by atoms with Crippen molar-refractivity contribution in [1.29, 1.82) is 0 Å². The summed E-state index contributed by atoms with van der Waals surface area (Å²) in [6, 6.07) is 6.92. The highest BCUT2D eigenvalue weighted by molar-refractivity contribution is 9.10. The summed E-state index contributed by atoms with van der Waals surface area (Å²) < 4.78 is 1.22. The Morgan fingerprint density at radius 1 is 1.22 bits per heavy atom. The molecule has 0 radical (unpaired) electrons. The van der Waals surface area contributed by atoms with Crippen LogP contribution >= 0.6 is 15.9 Å². The van der Waals surface area contributed by atoms with E-state index < -0.39 is 0 Å². The van der Waals surface area contributed by atoms with Crippen molar-refractivity contribution in [2.45, 2.75) is 50.4 Å². The van der Waals surface area contributed by atoms with Crippen molar-refractivity contribution >= 4 is 15.9 Å². The summed E-state index contributed by atoms with van der Waals surface area (Å²) in [4.78, 5) is 0. The zero-order chi connectivity index (χ0) is 12.6. The molecule has 1 aromatic rings. The molecule has 1 atom stereocenters. The Morgan fingerprint density at radius 3 is 2.72 bits per heavy atom. The summed E-state index contributed by atoms with van der Waals surface area (Å²) in [6.45, 7) is 0.857. The lowest BCUT2D eigenvalue weighted by Gasteiger charge is -2.48. The number of halogens is 1. The molecule has 0 amide bonds. The number of hydrogen-bond donors (Lipinski definition) is 1. The largest absolute Gasteiger partial charge is 0.330 e. The molecule has 1 aromatic carbocycles. The maximum atomic E-state index is 6.09. The van der Waals surface area contributed by atoms with Crippen LogP contribution in [0, 0.1) is 5.92 Å². The molecule has 0 bridgehead atoms. The lowest BCUT2D eigenvalue weighted by molar-refractivity contribution is 0.171. The van der Waals surface area contributed by atoms with Crippen molar-refractivity contribution in [2.75, 3.05) is 6.54 Å². The fourth-order valence-electron chi connectivity index (χ4n) is 4.28. The molecule has 1 saturated carbocycles. The zero-order valence-electron chi connectivity index (χ0n) is 10.9. The minimum Gasteiger partial charge on any atom is -0.330 e. The highest BCUT2D eigenvalue weighted by atomic mass is 79.9. The van der Waals surface area contributed by atoms with Gasteiger partial charge in [-0.15, -0.1) is 0 Å². The zero-order valence-corrected chi connectivity index (χ0v) is 12.5. The van der Waals surface area contributed by atoms with Gasteiger partial charge < -0.3 is 5.73 Å². The Morgan fingerprint density at radius 2 is 2.00 bits per heavy atom. The Balaban J connectivity index is 2.08. The van der Waals surface area contributed by atoms with Gasteiger partial charge in [-0.25, -0.2) is 0 Å². The first-order valence-corrected chi connectivity index (χ1v) is 8.04. The highest BCUT2D eigenvalue weighted by Gasteiger charge is 2.43. The van der Waals surface area contributed by atoms with Crippen LogP contribution in [0.15, 0.2) is 22.7 Å². The monoisotopic (exact) mass is 307 g/mol. The number of benzene rings is 1. The third-order valence-corrected chi connectivity index (χ3v) is 5.67. The average Bonchev–Trinajstić information content (AvgIpc) is 2.40. The first-order valence-electron chi connectivity index (χ1n) is 7.25. The Kier molecular flexibility index (Phi) is 3.50. The van der Waals surface area contributed by atoms with E-state index in [4.69, 9.17) is 5.73 Å². The van der Waals surface area contributed by atoms with Crippen LogP contribution in [0.1, 0.15) is 49.7 Å². The van der Waals surface area contributed by atoms with E-state index in [0.717, 1.165) is 6.54 Å². The summed E-state index contributed by atoms with van der Waals surface area (Å²) in [6.07, 6.45) is 9.36. The molecule has 2 aliphatic carbocycles. The minimum absolute atomic E-state index is 0.404. The summed E-state index contributed by atoms with van der Waals surface area (Å²) in [5, 5.41) is 0. The Hall–Kier alpha value is -0.340. The number of rotatable bonds is 1. The molecule has 1 fully saturated rings. The second kappa shape index (κ2) is 4.97. The number of aryl methyl sites for hydroxylation is 1. The van der Waals surface area contributed by atoms with Crippen molar-refractivity contribution in [3.63, 3.8) is 0 Å². The van der Waals surface area contributed by atoms with E-state index >= 15 is 0 Å². The van der Waals surface area contributed by atoms with Gasteiger partial charge >= 0.3 is 0 Å². The van der Waals surface area contributed by atoms with Crippen LogP contribution in [0.25, 0.3) is 0 Å². The van der Waals surface area contributed by atoms with E-state index in [2.05, 4.69) is 34.1 Å². The van der Waals surface area contributed by atoms with Crippen molar-refractivity contribution in [3.8, 4) is 0 Å². The predicted molar refractivity (Wildman–Crippen MR) is 79.8 cm³/mol. The average molecular weight is 308 g/mol. The fourth-order valence-corrected chi connectivity index (χ4v) is 4.69. The maximum Gasteiger partial charge on any atom is 0.0178 e. The SMILES string of the molecule is NCC1CCc2cc(Br)ccc2C12CCCCC2. The minimum atomic E-state index is 0.404. The first kappa shape index (κ1) is 12.7. The molecule has 2 heteroatoms. The molecule has 0 aromatic heterocycles. The van der Waals surface area contributed by atoms with Crippen LogP contribution in [0.2, 0.25) is 0 Å². The van der Waals surface area contributed by atoms with E-state index in [-0.39, 0.29) is 0 Å². The van der Waals surface area contributed by atoms with Crippen molar-refractivity contribution in [3.05, 3.63) is 33.8 Å². The van der Waals surface area contributed by atoms with E-state index in [1.807, 2.05) is 0 Å². The topological polar surface area (TPSA) is 26.0 Å². The highest BCUT2D eigenvalue weighted by Crippen LogP contribution is 2.50. The first-order chi connectivity index (χ1) is 8.76. The van der Waals surface area contributed by atoms with Gasteiger partial charge in [-0.1, -0.05) is 41.3 Å². The third kappa shape index (κ3) is 1.94. The number of hydrogen-bond acceptors (Lipinski definition) is 1. The van der Waals surface area contributed by atoms with Gasteiger partial charge in [0.1, 0.15) is 0 Å². The molecule has 1 unspecified atom stereocenters. The number of fused-ring (bicyclic) bond motifs is 2. The molecule has 0 aliphatic heterocycles. The van der Waals surface area contributed by atoms with Crippen molar-refractivity contribution in [1.82, 2.24) is 0 Å². The molecular formula is C16H22BrN. The van der Waals surface area contributed by atoms with Gasteiger partial charge in [0.05, 0.1) is 0 Å². The summed E-state index contributed by atoms with van der Waals surface area (Å²) >= 11 is 3.61. The molecule has 0 saturated heterocycles. The molecular weight excluding hydrogens is 286 g/mol. The smallest absolute Gasteiger partial charge is 0.0178 e. The Labute approximate surface area is 118 Å². The normalized spacial score (nSPS) is 26.0. The molecule has 3 rings (SSSR count). The maximum absolute atomic E-state index is 6.09. The van der Waals surface area contributed by atoms with Crippen LogP contribution in [0.3, 0.4) is 0 Å². The van der Waals surface area contributed by atoms with Crippen LogP contribution in [-0.2, 0) is 11.8 Å². The predicted octanol–water partition coefficient (Wildman–Crippen LogP) is 4.17. The molecule has 2 aliphatic rings. The van der Waals surface area contributed by atoms with E-state index in [0.29, 0.717) is 11.3 Å². The fraction of sp³-hybridized carbons (Fsp3) is 0.625. The van der Waals surface area contributed by atoms with Gasteiger partial charge in [-0.2, -0.15) is 0 Å². The Bertz CT molecular complexity index is 435. The molecule has 1 nitrogen and oxygen atoms in total. The van der Waals surface area contributed by atoms with Gasteiger partial charge in [0.25, 0.3) is 0 Å². The van der Waals surface area contributed by atoms with Crippen LogP contribution < -0.4 is 5.73 Å². The van der Waals surface area contributed by atoms with Crippen LogP contribution in [-0.4, -0.2) is 6.54 Å². The van der Waals surface area contributed by atoms with Gasteiger partial charge in [0.15, 0.2) is 0 Å². The van der Waals surface area contributed by atoms with Gasteiger partial charge in [0.2, 0.25) is 0 Å². The van der Waals surface area contributed by atoms with E-state index in [1.54, 1.807) is 11.1 Å². The van der Waals surface area contributed by atoms with Gasteiger partial charge in [0, 0.05) is 4.47 Å².